The monoisotopic (exact) mass is 251 g/mol. The Morgan fingerprint density at radius 2 is 2.11 bits per heavy atom. The van der Waals surface area contributed by atoms with E-state index in [2.05, 4.69) is 35.4 Å². The molecule has 4 heteroatoms. The molecule has 0 aromatic carbocycles. The minimum absolute atomic E-state index is 0.0236. The summed E-state index contributed by atoms with van der Waals surface area (Å²) in [4.78, 5) is 14.0. The highest BCUT2D eigenvalue weighted by molar-refractivity contribution is 5.81. The van der Waals surface area contributed by atoms with Crippen LogP contribution in [0.15, 0.2) is 0 Å². The lowest BCUT2D eigenvalue weighted by atomic mass is 9.80. The molecule has 4 nitrogen and oxygen atoms in total. The molecule has 0 spiro atoms. The van der Waals surface area contributed by atoms with Crippen molar-refractivity contribution in [2.75, 3.05) is 33.2 Å². The van der Waals surface area contributed by atoms with Crippen molar-refractivity contribution in [1.29, 1.82) is 0 Å². The summed E-state index contributed by atoms with van der Waals surface area (Å²) in [7, 11) is 2.16. The van der Waals surface area contributed by atoms with Crippen molar-refractivity contribution in [2.24, 2.45) is 5.41 Å². The summed E-state index contributed by atoms with van der Waals surface area (Å²) in [5, 5.41) is 6.01. The second-order valence-corrected chi connectivity index (χ2v) is 5.64. The Morgan fingerprint density at radius 3 is 2.67 bits per heavy atom. The Morgan fingerprint density at radius 1 is 1.50 bits per heavy atom. The Bertz CT molecular complexity index is 313. The molecule has 1 heterocycles. The van der Waals surface area contributed by atoms with Gasteiger partial charge in [0.2, 0.25) is 5.91 Å². The van der Waals surface area contributed by atoms with Gasteiger partial charge in [0.25, 0.3) is 0 Å². The summed E-state index contributed by atoms with van der Waals surface area (Å²) in [5.41, 5.74) is 0.299. The standard InChI is InChI=1S/C14H25N3O/c1-5-8-15-13(18)12(2)16-11-14(3)6-9-17(4)10-7-14/h1,12,16H,6-11H2,2-4H3,(H,15,18). The fraction of sp³-hybridized carbons (Fsp3) is 0.786. The van der Waals surface area contributed by atoms with E-state index in [9.17, 15) is 4.79 Å². The van der Waals surface area contributed by atoms with Crippen molar-refractivity contribution in [1.82, 2.24) is 15.5 Å². The van der Waals surface area contributed by atoms with Crippen LogP contribution in [0.5, 0.6) is 0 Å². The normalized spacial score (nSPS) is 21.0. The maximum atomic E-state index is 11.7. The van der Waals surface area contributed by atoms with Crippen LogP contribution in [0.3, 0.4) is 0 Å². The maximum Gasteiger partial charge on any atom is 0.237 e. The molecule has 1 rings (SSSR count). The molecular formula is C14H25N3O. The van der Waals surface area contributed by atoms with Gasteiger partial charge >= 0.3 is 0 Å². The number of likely N-dealkylation sites (tertiary alicyclic amines) is 1. The molecule has 0 aromatic rings. The van der Waals surface area contributed by atoms with Gasteiger partial charge in [-0.3, -0.25) is 4.79 Å². The van der Waals surface area contributed by atoms with Gasteiger partial charge in [-0.2, -0.15) is 0 Å². The molecule has 18 heavy (non-hydrogen) atoms. The van der Waals surface area contributed by atoms with Gasteiger partial charge in [0.15, 0.2) is 0 Å². The van der Waals surface area contributed by atoms with Gasteiger partial charge in [-0.1, -0.05) is 12.8 Å². The highest BCUT2D eigenvalue weighted by Crippen LogP contribution is 2.29. The molecule has 1 fully saturated rings. The van der Waals surface area contributed by atoms with Crippen LogP contribution in [-0.4, -0.2) is 50.1 Å². The van der Waals surface area contributed by atoms with Crippen LogP contribution >= 0.6 is 0 Å². The summed E-state index contributed by atoms with van der Waals surface area (Å²) in [6.07, 6.45) is 7.46. The molecule has 1 aliphatic heterocycles. The first kappa shape index (κ1) is 15.0. The Balaban J connectivity index is 2.31. The second kappa shape index (κ2) is 6.77. The van der Waals surface area contributed by atoms with Crippen molar-refractivity contribution in [2.45, 2.75) is 32.7 Å². The third-order valence-corrected chi connectivity index (χ3v) is 3.79. The number of nitrogens with one attached hydrogen (secondary N) is 2. The van der Waals surface area contributed by atoms with E-state index in [-0.39, 0.29) is 11.9 Å². The first-order valence-electron chi connectivity index (χ1n) is 6.60. The minimum Gasteiger partial charge on any atom is -0.344 e. The van der Waals surface area contributed by atoms with Gasteiger partial charge in [0.05, 0.1) is 12.6 Å². The number of nitrogens with zero attached hydrogens (tertiary/aromatic N) is 1. The zero-order valence-corrected chi connectivity index (χ0v) is 11.8. The van der Waals surface area contributed by atoms with Gasteiger partial charge in [0, 0.05) is 6.54 Å². The molecule has 1 atom stereocenters. The predicted octanol–water partition coefficient (Wildman–Crippen LogP) is 0.446. The van der Waals surface area contributed by atoms with Crippen LogP contribution < -0.4 is 10.6 Å². The van der Waals surface area contributed by atoms with E-state index in [1.54, 1.807) is 0 Å². The van der Waals surface area contributed by atoms with Crippen LogP contribution in [0.1, 0.15) is 26.7 Å². The van der Waals surface area contributed by atoms with Gasteiger partial charge < -0.3 is 15.5 Å². The van der Waals surface area contributed by atoms with Crippen LogP contribution in [0.25, 0.3) is 0 Å². The van der Waals surface area contributed by atoms with Crippen LogP contribution in [0.2, 0.25) is 0 Å². The summed E-state index contributed by atoms with van der Waals surface area (Å²) < 4.78 is 0. The van der Waals surface area contributed by atoms with Crippen LogP contribution in [0, 0.1) is 17.8 Å². The third kappa shape index (κ3) is 4.67. The fourth-order valence-corrected chi connectivity index (χ4v) is 2.12. The molecule has 2 N–H and O–H groups in total. The molecule has 1 amide bonds. The molecule has 1 saturated heterocycles. The Kier molecular flexibility index (Phi) is 5.64. The number of hydrogen-bond donors (Lipinski definition) is 2. The van der Waals surface area contributed by atoms with Crippen molar-refractivity contribution in [3.05, 3.63) is 0 Å². The number of terminal acetylenes is 1. The zero-order valence-electron chi connectivity index (χ0n) is 11.8. The average molecular weight is 251 g/mol. The van der Waals surface area contributed by atoms with E-state index in [1.165, 1.54) is 12.8 Å². The Labute approximate surface area is 110 Å². The summed E-state index contributed by atoms with van der Waals surface area (Å²) in [6, 6.07) is -0.185. The van der Waals surface area contributed by atoms with Crippen LogP contribution in [-0.2, 0) is 4.79 Å². The second-order valence-electron chi connectivity index (χ2n) is 5.64. The van der Waals surface area contributed by atoms with Gasteiger partial charge in [-0.05, 0) is 45.3 Å². The number of rotatable bonds is 5. The van der Waals surface area contributed by atoms with Gasteiger partial charge in [-0.25, -0.2) is 0 Å². The van der Waals surface area contributed by atoms with E-state index >= 15 is 0 Å². The van der Waals surface area contributed by atoms with E-state index in [1.807, 2.05) is 6.92 Å². The number of amides is 1. The quantitative estimate of drug-likeness (QED) is 0.697. The van der Waals surface area contributed by atoms with Crippen molar-refractivity contribution in [3.8, 4) is 12.3 Å². The number of carbonyl (C=O) groups is 1. The van der Waals surface area contributed by atoms with E-state index in [0.29, 0.717) is 12.0 Å². The molecule has 0 bridgehead atoms. The topological polar surface area (TPSA) is 44.4 Å². The van der Waals surface area contributed by atoms with Gasteiger partial charge in [-0.15, -0.1) is 6.42 Å². The molecular weight excluding hydrogens is 226 g/mol. The molecule has 0 aliphatic carbocycles. The minimum atomic E-state index is -0.185. The van der Waals surface area contributed by atoms with Crippen LogP contribution in [0.4, 0.5) is 0 Å². The smallest absolute Gasteiger partial charge is 0.237 e. The maximum absolute atomic E-state index is 11.7. The zero-order chi connectivity index (χ0) is 13.6. The molecule has 1 aliphatic rings. The average Bonchev–Trinajstić information content (AvgIpc) is 2.37. The lowest BCUT2D eigenvalue weighted by molar-refractivity contribution is -0.122. The van der Waals surface area contributed by atoms with E-state index in [0.717, 1.165) is 19.6 Å². The molecule has 0 radical (unpaired) electrons. The third-order valence-electron chi connectivity index (χ3n) is 3.79. The highest BCUT2D eigenvalue weighted by Gasteiger charge is 2.29. The number of piperidine rings is 1. The highest BCUT2D eigenvalue weighted by atomic mass is 16.2. The number of carbonyl (C=O) groups excluding carboxylic acids is 1. The van der Waals surface area contributed by atoms with Crippen molar-refractivity contribution >= 4 is 5.91 Å². The van der Waals surface area contributed by atoms with Crippen molar-refractivity contribution < 1.29 is 4.79 Å². The van der Waals surface area contributed by atoms with Crippen molar-refractivity contribution in [3.63, 3.8) is 0 Å². The lowest BCUT2D eigenvalue weighted by Crippen LogP contribution is -2.48. The molecule has 0 saturated carbocycles. The van der Waals surface area contributed by atoms with E-state index < -0.39 is 0 Å². The number of hydrogen-bond acceptors (Lipinski definition) is 3. The molecule has 1 unspecified atom stereocenters. The fourth-order valence-electron chi connectivity index (χ4n) is 2.12. The van der Waals surface area contributed by atoms with E-state index in [4.69, 9.17) is 6.42 Å². The summed E-state index contributed by atoms with van der Waals surface area (Å²) >= 11 is 0. The lowest BCUT2D eigenvalue weighted by Gasteiger charge is -2.38. The predicted molar refractivity (Wildman–Crippen MR) is 74.1 cm³/mol. The van der Waals surface area contributed by atoms with Gasteiger partial charge in [0.1, 0.15) is 0 Å². The Hall–Kier alpha value is -1.05. The summed E-state index contributed by atoms with van der Waals surface area (Å²) in [6.45, 7) is 7.62. The SMILES string of the molecule is C#CCNC(=O)C(C)NCC1(C)CCN(C)CC1. The summed E-state index contributed by atoms with van der Waals surface area (Å²) in [5.74, 6) is 2.38. The first-order valence-corrected chi connectivity index (χ1v) is 6.60. The molecule has 0 aromatic heterocycles. The first-order chi connectivity index (χ1) is 8.47. The molecule has 102 valence electrons. The largest absolute Gasteiger partial charge is 0.344 e.